The molecule has 3 rings (SSSR count). The number of nitrogens with zero attached hydrogens (tertiary/aromatic N) is 3. The quantitative estimate of drug-likeness (QED) is 0.630. The number of carbonyl (C=O) groups is 2. The van der Waals surface area contributed by atoms with Crippen molar-refractivity contribution in [1.29, 1.82) is 0 Å². The second-order valence-corrected chi connectivity index (χ2v) is 5.71. The first-order valence-corrected chi connectivity index (χ1v) is 7.92. The van der Waals surface area contributed by atoms with E-state index in [0.29, 0.717) is 35.9 Å². The monoisotopic (exact) mass is 341 g/mol. The van der Waals surface area contributed by atoms with Crippen molar-refractivity contribution >= 4 is 11.9 Å². The molecule has 1 aliphatic rings. The van der Waals surface area contributed by atoms with Gasteiger partial charge in [-0.2, -0.15) is 5.10 Å². The first-order valence-electron chi connectivity index (χ1n) is 7.92. The zero-order chi connectivity index (χ0) is 17.8. The van der Waals surface area contributed by atoms with Gasteiger partial charge >= 0.3 is 6.03 Å². The molecule has 0 radical (unpaired) electrons. The van der Waals surface area contributed by atoms with E-state index in [-0.39, 0.29) is 18.0 Å². The molecule has 3 amide bonds. The lowest BCUT2D eigenvalue weighted by Crippen LogP contribution is -2.50. The van der Waals surface area contributed by atoms with Gasteiger partial charge in [-0.1, -0.05) is 0 Å². The molecule has 0 saturated carbocycles. The van der Waals surface area contributed by atoms with Crippen LogP contribution in [0.3, 0.4) is 0 Å². The molecular formula is C16H19N7O2. The summed E-state index contributed by atoms with van der Waals surface area (Å²) in [4.78, 5) is 32.1. The van der Waals surface area contributed by atoms with Gasteiger partial charge in [0, 0.05) is 36.6 Å². The maximum absolute atomic E-state index is 12.3. The van der Waals surface area contributed by atoms with E-state index in [1.807, 2.05) is 12.1 Å². The largest absolute Gasteiger partial charge is 0.352 e. The number of pyridine rings is 1. The first kappa shape index (κ1) is 16.6. The van der Waals surface area contributed by atoms with Gasteiger partial charge in [0.05, 0.1) is 11.6 Å². The predicted molar refractivity (Wildman–Crippen MR) is 90.2 cm³/mol. The van der Waals surface area contributed by atoms with E-state index in [1.165, 1.54) is 0 Å². The predicted octanol–water partition coefficient (Wildman–Crippen LogP) is 0.501. The van der Waals surface area contributed by atoms with Gasteiger partial charge in [0.2, 0.25) is 0 Å². The molecule has 3 heterocycles. The van der Waals surface area contributed by atoms with Gasteiger partial charge in [0.1, 0.15) is 5.82 Å². The van der Waals surface area contributed by atoms with Crippen LogP contribution in [0.25, 0.3) is 11.4 Å². The number of allylic oxidation sites excluding steroid dienone is 1. The van der Waals surface area contributed by atoms with Gasteiger partial charge < -0.3 is 16.0 Å². The fourth-order valence-corrected chi connectivity index (χ4v) is 2.66. The number of carbonyl (C=O) groups excluding carboxylic acids is 2. The summed E-state index contributed by atoms with van der Waals surface area (Å²) in [5, 5.41) is 15.1. The third-order valence-electron chi connectivity index (χ3n) is 3.83. The fourth-order valence-electron chi connectivity index (χ4n) is 2.66. The van der Waals surface area contributed by atoms with E-state index >= 15 is 0 Å². The Bertz CT molecular complexity index is 813. The van der Waals surface area contributed by atoms with Crippen LogP contribution in [0, 0.1) is 0 Å². The van der Waals surface area contributed by atoms with E-state index in [0.717, 1.165) is 5.56 Å². The number of hydrogen-bond donors (Lipinski definition) is 4. The summed E-state index contributed by atoms with van der Waals surface area (Å²) < 4.78 is 0. The molecule has 0 aliphatic carbocycles. The van der Waals surface area contributed by atoms with Gasteiger partial charge in [-0.05, 0) is 26.0 Å². The van der Waals surface area contributed by atoms with Crippen molar-refractivity contribution in [1.82, 2.24) is 36.1 Å². The number of nitrogens with one attached hydrogen (secondary N) is 4. The second-order valence-electron chi connectivity index (χ2n) is 5.71. The number of amides is 3. The minimum Gasteiger partial charge on any atom is -0.352 e. The molecule has 2 aromatic heterocycles. The van der Waals surface area contributed by atoms with Gasteiger partial charge in [0.25, 0.3) is 5.91 Å². The number of rotatable bonds is 5. The third kappa shape index (κ3) is 3.82. The highest BCUT2D eigenvalue weighted by atomic mass is 16.2. The molecule has 2 aromatic rings. The zero-order valence-corrected chi connectivity index (χ0v) is 14.0. The molecule has 9 heteroatoms. The molecule has 130 valence electrons. The summed E-state index contributed by atoms with van der Waals surface area (Å²) in [6.45, 7) is 3.88. The highest BCUT2D eigenvalue weighted by Crippen LogP contribution is 2.13. The van der Waals surface area contributed by atoms with Crippen molar-refractivity contribution in [2.24, 2.45) is 0 Å². The van der Waals surface area contributed by atoms with Crippen molar-refractivity contribution in [3.8, 4) is 11.4 Å². The highest BCUT2D eigenvalue weighted by molar-refractivity contribution is 5.98. The Labute approximate surface area is 144 Å². The summed E-state index contributed by atoms with van der Waals surface area (Å²) in [5.41, 5.74) is 1.91. The number of aromatic amines is 1. The lowest BCUT2D eigenvalue weighted by atomic mass is 10.0. The third-order valence-corrected chi connectivity index (χ3v) is 3.83. The van der Waals surface area contributed by atoms with Crippen LogP contribution in [0.4, 0.5) is 4.79 Å². The van der Waals surface area contributed by atoms with Crippen LogP contribution in [-0.2, 0) is 11.2 Å². The first-order chi connectivity index (χ1) is 12.0. The molecule has 4 N–H and O–H groups in total. The number of hydrogen-bond acceptors (Lipinski definition) is 5. The molecule has 25 heavy (non-hydrogen) atoms. The number of urea groups is 1. The summed E-state index contributed by atoms with van der Waals surface area (Å²) in [7, 11) is 0. The maximum Gasteiger partial charge on any atom is 0.319 e. The lowest BCUT2D eigenvalue weighted by Gasteiger charge is -2.25. The number of H-pyrrole nitrogens is 1. The molecule has 0 bridgehead atoms. The Morgan fingerprint density at radius 3 is 2.96 bits per heavy atom. The standard InChI is InChI=1S/C16H19N7O2/c1-9-13(10(2)20-16(25)19-9)15(24)18-7-5-12-21-14(23-22-12)11-4-3-6-17-8-11/h3-4,6,8-9H,5,7H2,1-2H3,(H,18,24)(H2,19,20,25)(H,21,22,23)/t9-/m0/s1. The fraction of sp³-hybridized carbons (Fsp3) is 0.312. The molecule has 1 atom stereocenters. The summed E-state index contributed by atoms with van der Waals surface area (Å²) in [6.07, 6.45) is 3.89. The van der Waals surface area contributed by atoms with Gasteiger partial charge in [0.15, 0.2) is 5.82 Å². The van der Waals surface area contributed by atoms with Crippen LogP contribution in [0.15, 0.2) is 35.8 Å². The smallest absolute Gasteiger partial charge is 0.319 e. The average molecular weight is 341 g/mol. The van der Waals surface area contributed by atoms with Gasteiger partial charge in [-0.25, -0.2) is 9.78 Å². The van der Waals surface area contributed by atoms with Crippen LogP contribution in [0.2, 0.25) is 0 Å². The minimum absolute atomic E-state index is 0.218. The molecule has 0 unspecified atom stereocenters. The minimum atomic E-state index is -0.337. The van der Waals surface area contributed by atoms with Crippen LogP contribution < -0.4 is 16.0 Å². The topological polar surface area (TPSA) is 125 Å². The SMILES string of the molecule is CC1=C(C(=O)NCCc2nc(-c3cccnc3)n[nH]2)[C@H](C)NC(=O)N1. The normalized spacial score (nSPS) is 17.0. The van der Waals surface area contributed by atoms with Gasteiger partial charge in [-0.3, -0.25) is 14.9 Å². The van der Waals surface area contributed by atoms with Crippen molar-refractivity contribution in [2.45, 2.75) is 26.3 Å². The Morgan fingerprint density at radius 2 is 2.24 bits per heavy atom. The Morgan fingerprint density at radius 1 is 1.40 bits per heavy atom. The summed E-state index contributed by atoms with van der Waals surface area (Å²) >= 11 is 0. The van der Waals surface area contributed by atoms with E-state index in [1.54, 1.807) is 26.2 Å². The van der Waals surface area contributed by atoms with Crippen LogP contribution in [0.1, 0.15) is 19.7 Å². The molecule has 0 fully saturated rings. The van der Waals surface area contributed by atoms with Crippen molar-refractivity contribution < 1.29 is 9.59 Å². The highest BCUT2D eigenvalue weighted by Gasteiger charge is 2.26. The van der Waals surface area contributed by atoms with E-state index < -0.39 is 0 Å². The Balaban J connectivity index is 1.57. The lowest BCUT2D eigenvalue weighted by molar-refractivity contribution is -0.117. The summed E-state index contributed by atoms with van der Waals surface area (Å²) in [6, 6.07) is 3.06. The van der Waals surface area contributed by atoms with Crippen LogP contribution in [0.5, 0.6) is 0 Å². The Kier molecular flexibility index (Phi) is 4.73. The van der Waals surface area contributed by atoms with Gasteiger partial charge in [-0.15, -0.1) is 0 Å². The average Bonchev–Trinajstić information content (AvgIpc) is 3.03. The van der Waals surface area contributed by atoms with Crippen molar-refractivity contribution in [2.75, 3.05) is 6.54 Å². The van der Waals surface area contributed by atoms with Crippen molar-refractivity contribution in [3.63, 3.8) is 0 Å². The van der Waals surface area contributed by atoms with Crippen molar-refractivity contribution in [3.05, 3.63) is 41.6 Å². The molecule has 1 aliphatic heterocycles. The van der Waals surface area contributed by atoms with Crippen LogP contribution >= 0.6 is 0 Å². The molecular weight excluding hydrogens is 322 g/mol. The summed E-state index contributed by atoms with van der Waals surface area (Å²) in [5.74, 6) is 1.03. The number of aromatic nitrogens is 4. The molecule has 0 aromatic carbocycles. The molecule has 0 saturated heterocycles. The molecule has 9 nitrogen and oxygen atoms in total. The van der Waals surface area contributed by atoms with E-state index in [2.05, 4.69) is 36.1 Å². The maximum atomic E-state index is 12.3. The van der Waals surface area contributed by atoms with E-state index in [4.69, 9.17) is 0 Å². The van der Waals surface area contributed by atoms with Crippen LogP contribution in [-0.4, -0.2) is 44.7 Å². The second kappa shape index (κ2) is 7.12. The van der Waals surface area contributed by atoms with E-state index in [9.17, 15) is 9.59 Å². The zero-order valence-electron chi connectivity index (χ0n) is 14.0. The Hall–Kier alpha value is -3.23. The molecule has 0 spiro atoms.